The average Bonchev–Trinajstić information content (AvgIpc) is 2.35. The van der Waals surface area contributed by atoms with Crippen molar-refractivity contribution in [2.45, 2.75) is 44.7 Å². The van der Waals surface area contributed by atoms with Crippen LogP contribution >= 0.6 is 0 Å². The van der Waals surface area contributed by atoms with Crippen molar-refractivity contribution in [1.29, 1.82) is 0 Å². The number of ether oxygens (including phenoxy) is 1. The molecule has 8 heteroatoms. The molecule has 0 bridgehead atoms. The highest BCUT2D eigenvalue weighted by molar-refractivity contribution is 5.75. The third-order valence-corrected chi connectivity index (χ3v) is 2.50. The quantitative estimate of drug-likeness (QED) is 0.322. The van der Waals surface area contributed by atoms with Crippen molar-refractivity contribution in [1.82, 2.24) is 5.32 Å². The Kier molecular flexibility index (Phi) is 7.53. The van der Waals surface area contributed by atoms with Gasteiger partial charge in [0.05, 0.1) is 18.8 Å². The maximum atomic E-state index is 10.9. The molecule has 0 aromatic carbocycles. The third-order valence-electron chi connectivity index (χ3n) is 2.50. The van der Waals surface area contributed by atoms with Crippen LogP contribution in [0.5, 0.6) is 0 Å². The fourth-order valence-electron chi connectivity index (χ4n) is 1.37. The molecule has 0 spiro atoms. The highest BCUT2D eigenvalue weighted by Crippen LogP contribution is 2.17. The highest BCUT2D eigenvalue weighted by atomic mass is 16.7. The van der Waals surface area contributed by atoms with Gasteiger partial charge >= 0.3 is 5.97 Å². The second-order valence-corrected chi connectivity index (χ2v) is 4.19. The number of aliphatic hydroxyl groups is 3. The molecule has 1 amide bonds. The summed E-state index contributed by atoms with van der Waals surface area (Å²) in [5, 5.41) is 39.1. The van der Waals surface area contributed by atoms with Gasteiger partial charge in [-0.15, -0.1) is 0 Å². The van der Waals surface area contributed by atoms with Crippen molar-refractivity contribution < 1.29 is 34.8 Å². The molecule has 0 fully saturated rings. The molecule has 0 saturated heterocycles. The topological polar surface area (TPSA) is 136 Å². The van der Waals surface area contributed by atoms with E-state index in [0.29, 0.717) is 0 Å². The number of aliphatic carboxylic acids is 1. The Morgan fingerprint density at radius 2 is 2.00 bits per heavy atom. The third kappa shape index (κ3) is 6.48. The molecule has 8 nitrogen and oxygen atoms in total. The van der Waals surface area contributed by atoms with Gasteiger partial charge in [-0.25, -0.2) is 4.79 Å². The van der Waals surface area contributed by atoms with E-state index in [1.165, 1.54) is 13.8 Å². The highest BCUT2D eigenvalue weighted by Gasteiger charge is 2.38. The summed E-state index contributed by atoms with van der Waals surface area (Å²) in [6.45, 7) is 2.08. The first-order valence-electron chi connectivity index (χ1n) is 5.92. The lowest BCUT2D eigenvalue weighted by atomic mass is 10.1. The molecule has 0 aliphatic heterocycles. The van der Waals surface area contributed by atoms with Crippen LogP contribution in [-0.2, 0) is 14.3 Å². The molecule has 19 heavy (non-hydrogen) atoms. The summed E-state index contributed by atoms with van der Waals surface area (Å²) in [5.41, 5.74) is 0. The Hall–Kier alpha value is -1.22. The number of hydrogen-bond donors (Lipinski definition) is 5. The van der Waals surface area contributed by atoms with Gasteiger partial charge in [0.1, 0.15) is 0 Å². The molecule has 0 aliphatic rings. The predicted molar refractivity (Wildman–Crippen MR) is 64.1 cm³/mol. The van der Waals surface area contributed by atoms with Crippen molar-refractivity contribution >= 4 is 11.9 Å². The fourth-order valence-corrected chi connectivity index (χ4v) is 1.37. The minimum Gasteiger partial charge on any atom is -0.477 e. The van der Waals surface area contributed by atoms with Crippen molar-refractivity contribution in [2.24, 2.45) is 0 Å². The maximum absolute atomic E-state index is 10.9. The number of hydrogen-bond acceptors (Lipinski definition) is 6. The summed E-state index contributed by atoms with van der Waals surface area (Å²) in [4.78, 5) is 21.7. The minimum atomic E-state index is -2.39. The van der Waals surface area contributed by atoms with E-state index in [0.717, 1.165) is 0 Å². The lowest BCUT2D eigenvalue weighted by Gasteiger charge is -2.29. The number of amides is 1. The van der Waals surface area contributed by atoms with Gasteiger partial charge in [0.2, 0.25) is 5.91 Å². The average molecular weight is 279 g/mol. The predicted octanol–water partition coefficient (Wildman–Crippen LogP) is -1.57. The van der Waals surface area contributed by atoms with E-state index in [1.54, 1.807) is 0 Å². The van der Waals surface area contributed by atoms with Gasteiger partial charge in [-0.1, -0.05) is 6.92 Å². The van der Waals surface area contributed by atoms with E-state index in [-0.39, 0.29) is 25.3 Å². The van der Waals surface area contributed by atoms with Crippen LogP contribution in [0.3, 0.4) is 0 Å². The summed E-state index contributed by atoms with van der Waals surface area (Å²) in [6.07, 6.45) is -2.39. The van der Waals surface area contributed by atoms with Gasteiger partial charge in [0, 0.05) is 26.3 Å². The van der Waals surface area contributed by atoms with Gasteiger partial charge in [-0.3, -0.25) is 4.79 Å². The van der Waals surface area contributed by atoms with Gasteiger partial charge in [0.15, 0.2) is 0 Å². The SMILES string of the molecule is CC[C@@](O)(OC(CNC(C)=O)C[C@H](O)CO)C(=O)O. The zero-order chi connectivity index (χ0) is 15.1. The molecule has 0 radical (unpaired) electrons. The van der Waals surface area contributed by atoms with Crippen LogP contribution in [0, 0.1) is 0 Å². The Morgan fingerprint density at radius 3 is 2.37 bits per heavy atom. The Labute approximate surface area is 111 Å². The molecule has 112 valence electrons. The molecule has 0 saturated carbocycles. The monoisotopic (exact) mass is 279 g/mol. The van der Waals surface area contributed by atoms with Crippen LogP contribution in [-0.4, -0.2) is 63.4 Å². The Bertz CT molecular complexity index is 309. The van der Waals surface area contributed by atoms with E-state index in [4.69, 9.17) is 14.9 Å². The van der Waals surface area contributed by atoms with Crippen LogP contribution in [0.25, 0.3) is 0 Å². The number of carboxylic acid groups (broad SMARTS) is 1. The first kappa shape index (κ1) is 17.8. The molecule has 0 aromatic rings. The molecular formula is C11H21NO7. The number of carboxylic acids is 1. The molecule has 0 aliphatic carbocycles. The second-order valence-electron chi connectivity index (χ2n) is 4.19. The lowest BCUT2D eigenvalue weighted by Crippen LogP contribution is -2.47. The molecule has 3 atom stereocenters. The molecular weight excluding hydrogens is 258 g/mol. The number of aliphatic hydroxyl groups excluding tert-OH is 2. The lowest BCUT2D eigenvalue weighted by molar-refractivity contribution is -0.243. The van der Waals surface area contributed by atoms with Gasteiger partial charge in [-0.05, 0) is 0 Å². The van der Waals surface area contributed by atoms with Crippen molar-refractivity contribution in [3.8, 4) is 0 Å². The van der Waals surface area contributed by atoms with Crippen molar-refractivity contribution in [3.63, 3.8) is 0 Å². The maximum Gasteiger partial charge on any atom is 0.364 e. The van der Waals surface area contributed by atoms with Gasteiger partial charge in [-0.2, -0.15) is 0 Å². The summed E-state index contributed by atoms with van der Waals surface area (Å²) >= 11 is 0. The Balaban J connectivity index is 4.71. The summed E-state index contributed by atoms with van der Waals surface area (Å²) < 4.78 is 5.04. The summed E-state index contributed by atoms with van der Waals surface area (Å²) in [6, 6.07) is 0. The minimum absolute atomic E-state index is 0.0814. The van der Waals surface area contributed by atoms with Crippen LogP contribution in [0.2, 0.25) is 0 Å². The molecule has 0 rings (SSSR count). The van der Waals surface area contributed by atoms with Gasteiger partial charge < -0.3 is 30.5 Å². The standard InChI is InChI=1S/C11H21NO7/c1-3-11(18,10(16)17)19-9(4-8(15)6-13)5-12-7(2)14/h8-9,13,15,18H,3-6H2,1-2H3,(H,12,14)(H,16,17)/t8-,9?,11+/m0/s1. The second kappa shape index (κ2) is 8.05. The van der Waals surface area contributed by atoms with E-state index in [9.17, 15) is 19.8 Å². The number of rotatable bonds is 9. The largest absolute Gasteiger partial charge is 0.477 e. The zero-order valence-corrected chi connectivity index (χ0v) is 11.0. The summed E-state index contributed by atoms with van der Waals surface area (Å²) in [5.74, 6) is -4.30. The van der Waals surface area contributed by atoms with E-state index in [1.807, 2.05) is 0 Å². The Morgan fingerprint density at radius 1 is 1.42 bits per heavy atom. The molecule has 0 aromatic heterocycles. The van der Waals surface area contributed by atoms with Crippen molar-refractivity contribution in [2.75, 3.05) is 13.2 Å². The molecule has 5 N–H and O–H groups in total. The number of carbonyl (C=O) groups excluding carboxylic acids is 1. The normalized spacial score (nSPS) is 17.3. The summed E-state index contributed by atoms with van der Waals surface area (Å²) in [7, 11) is 0. The first-order valence-corrected chi connectivity index (χ1v) is 5.92. The van der Waals surface area contributed by atoms with Crippen molar-refractivity contribution in [3.05, 3.63) is 0 Å². The van der Waals surface area contributed by atoms with E-state index >= 15 is 0 Å². The van der Waals surface area contributed by atoms with Crippen LogP contribution in [0.1, 0.15) is 26.7 Å². The van der Waals surface area contributed by atoms with E-state index < -0.39 is 30.6 Å². The van der Waals surface area contributed by atoms with Crippen LogP contribution in [0.4, 0.5) is 0 Å². The van der Waals surface area contributed by atoms with Crippen LogP contribution < -0.4 is 5.32 Å². The molecule has 1 unspecified atom stereocenters. The van der Waals surface area contributed by atoms with Crippen LogP contribution in [0.15, 0.2) is 0 Å². The number of nitrogens with one attached hydrogen (secondary N) is 1. The van der Waals surface area contributed by atoms with E-state index in [2.05, 4.69) is 5.32 Å². The molecule has 0 heterocycles. The first-order chi connectivity index (χ1) is 8.75. The fraction of sp³-hybridized carbons (Fsp3) is 0.818. The zero-order valence-electron chi connectivity index (χ0n) is 11.0. The van der Waals surface area contributed by atoms with Gasteiger partial charge in [0.25, 0.3) is 5.79 Å². The number of carbonyl (C=O) groups is 2. The smallest absolute Gasteiger partial charge is 0.364 e.